The van der Waals surface area contributed by atoms with Crippen molar-refractivity contribution in [2.45, 2.75) is 13.8 Å². The average Bonchev–Trinajstić information content (AvgIpc) is 2.13. The lowest BCUT2D eigenvalue weighted by molar-refractivity contribution is -0.131. The molecule has 0 fully saturated rings. The van der Waals surface area contributed by atoms with E-state index in [-0.39, 0.29) is 5.82 Å². The molecule has 0 saturated heterocycles. The van der Waals surface area contributed by atoms with Crippen molar-refractivity contribution < 1.29 is 14.3 Å². The number of hydrogen-bond acceptors (Lipinski definition) is 1. The van der Waals surface area contributed by atoms with E-state index >= 15 is 0 Å². The number of hydrogen-bond donors (Lipinski definition) is 1. The van der Waals surface area contributed by atoms with Crippen LogP contribution in [-0.4, -0.2) is 11.1 Å². The van der Waals surface area contributed by atoms with Gasteiger partial charge in [0, 0.05) is 6.08 Å². The fourth-order valence-corrected chi connectivity index (χ4v) is 1.18. The molecule has 1 N–H and O–H groups in total. The monoisotopic (exact) mass is 194 g/mol. The normalized spacial score (nSPS) is 10.8. The summed E-state index contributed by atoms with van der Waals surface area (Å²) in [4.78, 5) is 10.3. The number of carbonyl (C=O) groups is 1. The minimum Gasteiger partial charge on any atom is -0.478 e. The van der Waals surface area contributed by atoms with Gasteiger partial charge in [-0.15, -0.1) is 0 Å². The highest BCUT2D eigenvalue weighted by Gasteiger charge is 2.04. The molecule has 1 aromatic rings. The average molecular weight is 194 g/mol. The van der Waals surface area contributed by atoms with E-state index in [0.29, 0.717) is 16.7 Å². The molecule has 3 heteroatoms. The lowest BCUT2D eigenvalue weighted by Crippen LogP contribution is -1.92. The highest BCUT2D eigenvalue weighted by Crippen LogP contribution is 2.17. The Morgan fingerprint density at radius 1 is 1.43 bits per heavy atom. The van der Waals surface area contributed by atoms with Crippen LogP contribution in [0.1, 0.15) is 16.7 Å². The predicted octanol–water partition coefficient (Wildman–Crippen LogP) is 2.54. The van der Waals surface area contributed by atoms with Gasteiger partial charge in [-0.05, 0) is 36.6 Å². The van der Waals surface area contributed by atoms with E-state index in [4.69, 9.17) is 5.11 Å². The maximum atomic E-state index is 13.3. The molecule has 2 nitrogen and oxygen atoms in total. The first-order valence-electron chi connectivity index (χ1n) is 4.19. The van der Waals surface area contributed by atoms with Crippen LogP contribution in [-0.2, 0) is 4.79 Å². The van der Waals surface area contributed by atoms with Crippen LogP contribution in [0.5, 0.6) is 0 Å². The van der Waals surface area contributed by atoms with Gasteiger partial charge in [-0.25, -0.2) is 9.18 Å². The Morgan fingerprint density at radius 2 is 2.07 bits per heavy atom. The first kappa shape index (κ1) is 10.4. The maximum absolute atomic E-state index is 13.3. The summed E-state index contributed by atoms with van der Waals surface area (Å²) in [6.45, 7) is 3.30. The van der Waals surface area contributed by atoms with Crippen LogP contribution >= 0.6 is 0 Å². The van der Waals surface area contributed by atoms with Crippen molar-refractivity contribution >= 4 is 12.0 Å². The topological polar surface area (TPSA) is 37.3 Å². The lowest BCUT2D eigenvalue weighted by Gasteiger charge is -2.03. The summed E-state index contributed by atoms with van der Waals surface area (Å²) < 4.78 is 13.3. The van der Waals surface area contributed by atoms with Gasteiger partial charge in [0.25, 0.3) is 0 Å². The van der Waals surface area contributed by atoms with Crippen molar-refractivity contribution in [1.82, 2.24) is 0 Å². The second-order valence-corrected chi connectivity index (χ2v) is 3.08. The minimum absolute atomic E-state index is 0.280. The van der Waals surface area contributed by atoms with Crippen molar-refractivity contribution in [3.05, 3.63) is 40.7 Å². The first-order chi connectivity index (χ1) is 6.52. The van der Waals surface area contributed by atoms with Gasteiger partial charge < -0.3 is 5.11 Å². The van der Waals surface area contributed by atoms with Crippen LogP contribution in [0, 0.1) is 19.7 Å². The molecule has 0 spiro atoms. The van der Waals surface area contributed by atoms with Crippen molar-refractivity contribution in [2.24, 2.45) is 0 Å². The van der Waals surface area contributed by atoms with Gasteiger partial charge in [0.1, 0.15) is 5.82 Å². The quantitative estimate of drug-likeness (QED) is 0.734. The zero-order valence-corrected chi connectivity index (χ0v) is 8.04. The third kappa shape index (κ3) is 2.19. The molecule has 0 amide bonds. The molecule has 0 bridgehead atoms. The molecule has 0 atom stereocenters. The number of halogens is 1. The van der Waals surface area contributed by atoms with Gasteiger partial charge in [-0.3, -0.25) is 0 Å². The number of rotatable bonds is 2. The second-order valence-electron chi connectivity index (χ2n) is 3.08. The molecular formula is C11H11FO2. The Morgan fingerprint density at radius 3 is 2.64 bits per heavy atom. The summed E-state index contributed by atoms with van der Waals surface area (Å²) in [5, 5.41) is 8.41. The summed E-state index contributed by atoms with van der Waals surface area (Å²) in [5.41, 5.74) is 1.63. The van der Waals surface area contributed by atoms with Gasteiger partial charge in [0.2, 0.25) is 0 Å². The number of carboxylic acids is 1. The molecule has 0 radical (unpaired) electrons. The summed E-state index contributed by atoms with van der Waals surface area (Å²) in [6.07, 6.45) is 2.39. The Kier molecular flexibility index (Phi) is 3.02. The van der Waals surface area contributed by atoms with Crippen LogP contribution < -0.4 is 0 Å². The number of aliphatic carboxylic acids is 1. The molecule has 1 rings (SSSR count). The highest BCUT2D eigenvalue weighted by molar-refractivity contribution is 5.85. The number of aryl methyl sites for hydroxylation is 1. The second kappa shape index (κ2) is 4.05. The molecule has 0 aliphatic heterocycles. The third-order valence-electron chi connectivity index (χ3n) is 2.03. The fourth-order valence-electron chi connectivity index (χ4n) is 1.18. The lowest BCUT2D eigenvalue weighted by atomic mass is 10.0. The Balaban J connectivity index is 3.12. The standard InChI is InChI=1S/C11H11FO2/c1-7-3-4-9(5-6-10(13)14)8(2)11(7)12/h3-6H,1-2H3,(H,13,14)/b6-5+. The van der Waals surface area contributed by atoms with Crippen molar-refractivity contribution in [2.75, 3.05) is 0 Å². The molecule has 1 aromatic carbocycles. The zero-order chi connectivity index (χ0) is 10.7. The summed E-state index contributed by atoms with van der Waals surface area (Å²) in [5.74, 6) is -1.32. The van der Waals surface area contributed by atoms with E-state index in [0.717, 1.165) is 6.08 Å². The van der Waals surface area contributed by atoms with Crippen LogP contribution in [0.15, 0.2) is 18.2 Å². The Labute approximate surface area is 81.7 Å². The molecule has 74 valence electrons. The van der Waals surface area contributed by atoms with Crippen LogP contribution in [0.2, 0.25) is 0 Å². The molecule has 0 unspecified atom stereocenters. The number of benzene rings is 1. The molecule has 0 heterocycles. The molecular weight excluding hydrogens is 183 g/mol. The maximum Gasteiger partial charge on any atom is 0.328 e. The van der Waals surface area contributed by atoms with E-state index in [1.54, 1.807) is 26.0 Å². The third-order valence-corrected chi connectivity index (χ3v) is 2.03. The van der Waals surface area contributed by atoms with Crippen molar-refractivity contribution in [3.8, 4) is 0 Å². The minimum atomic E-state index is -1.04. The van der Waals surface area contributed by atoms with E-state index in [1.807, 2.05) is 0 Å². The van der Waals surface area contributed by atoms with E-state index in [1.165, 1.54) is 6.08 Å². The van der Waals surface area contributed by atoms with Crippen molar-refractivity contribution in [3.63, 3.8) is 0 Å². The zero-order valence-electron chi connectivity index (χ0n) is 8.04. The molecule has 0 aliphatic carbocycles. The van der Waals surface area contributed by atoms with Crippen molar-refractivity contribution in [1.29, 1.82) is 0 Å². The predicted molar refractivity (Wildman–Crippen MR) is 52.5 cm³/mol. The molecule has 0 aliphatic rings. The summed E-state index contributed by atoms with van der Waals surface area (Å²) >= 11 is 0. The largest absolute Gasteiger partial charge is 0.478 e. The molecule has 14 heavy (non-hydrogen) atoms. The number of carboxylic acid groups (broad SMARTS) is 1. The van der Waals surface area contributed by atoms with Crippen LogP contribution in [0.3, 0.4) is 0 Å². The Hall–Kier alpha value is -1.64. The molecule has 0 saturated carbocycles. The smallest absolute Gasteiger partial charge is 0.328 e. The summed E-state index contributed by atoms with van der Waals surface area (Å²) in [7, 11) is 0. The van der Waals surface area contributed by atoms with Gasteiger partial charge in [0.15, 0.2) is 0 Å². The van der Waals surface area contributed by atoms with Crippen LogP contribution in [0.4, 0.5) is 4.39 Å². The van der Waals surface area contributed by atoms with E-state index in [2.05, 4.69) is 0 Å². The molecule has 0 aromatic heterocycles. The van der Waals surface area contributed by atoms with E-state index < -0.39 is 5.97 Å². The fraction of sp³-hybridized carbons (Fsp3) is 0.182. The SMILES string of the molecule is Cc1ccc(/C=C/C(=O)O)c(C)c1F. The van der Waals surface area contributed by atoms with Gasteiger partial charge in [-0.1, -0.05) is 12.1 Å². The summed E-state index contributed by atoms with van der Waals surface area (Å²) in [6, 6.07) is 3.33. The van der Waals surface area contributed by atoms with Gasteiger partial charge in [0.05, 0.1) is 0 Å². The van der Waals surface area contributed by atoms with Crippen LogP contribution in [0.25, 0.3) is 6.08 Å². The van der Waals surface area contributed by atoms with Gasteiger partial charge >= 0.3 is 5.97 Å². The van der Waals surface area contributed by atoms with Gasteiger partial charge in [-0.2, -0.15) is 0 Å². The highest BCUT2D eigenvalue weighted by atomic mass is 19.1. The first-order valence-corrected chi connectivity index (χ1v) is 4.19. The van der Waals surface area contributed by atoms with E-state index in [9.17, 15) is 9.18 Å². The Bertz CT molecular complexity index is 395.